The number of rotatable bonds is 2. The van der Waals surface area contributed by atoms with Crippen LogP contribution in [0.1, 0.15) is 24.2 Å². The molecule has 0 bridgehead atoms. The van der Waals surface area contributed by atoms with E-state index in [1.165, 1.54) is 0 Å². The van der Waals surface area contributed by atoms with E-state index in [0.717, 1.165) is 0 Å². The van der Waals surface area contributed by atoms with Crippen molar-refractivity contribution in [3.8, 4) is 0 Å². The Kier molecular flexibility index (Phi) is 3.28. The molecule has 0 aliphatic carbocycles. The first-order chi connectivity index (χ1) is 6.91. The summed E-state index contributed by atoms with van der Waals surface area (Å²) >= 11 is 0. The van der Waals surface area contributed by atoms with Gasteiger partial charge in [0.2, 0.25) is 5.95 Å². The van der Waals surface area contributed by atoms with Crippen molar-refractivity contribution in [1.82, 2.24) is 10.3 Å². The van der Waals surface area contributed by atoms with Crippen LogP contribution in [0.5, 0.6) is 0 Å². The van der Waals surface area contributed by atoms with Gasteiger partial charge in [-0.1, -0.05) is 0 Å². The molecule has 1 aromatic rings. The fourth-order valence-electron chi connectivity index (χ4n) is 0.974. The van der Waals surface area contributed by atoms with Gasteiger partial charge < -0.3 is 5.32 Å². The van der Waals surface area contributed by atoms with E-state index in [9.17, 15) is 18.0 Å². The van der Waals surface area contributed by atoms with E-state index in [0.29, 0.717) is 6.07 Å². The van der Waals surface area contributed by atoms with E-state index in [1.807, 2.05) is 0 Å². The topological polar surface area (TPSA) is 42.0 Å². The fourth-order valence-corrected chi connectivity index (χ4v) is 0.974. The number of carbonyl (C=O) groups is 1. The SMILES string of the molecule is CC(C)NC(=O)c1cc(F)nc(F)c1F. The summed E-state index contributed by atoms with van der Waals surface area (Å²) in [6.07, 6.45) is 0. The first kappa shape index (κ1) is 11.5. The first-order valence-corrected chi connectivity index (χ1v) is 4.24. The van der Waals surface area contributed by atoms with Crippen molar-refractivity contribution in [2.24, 2.45) is 0 Å². The predicted octanol–water partition coefficient (Wildman–Crippen LogP) is 1.64. The van der Waals surface area contributed by atoms with Crippen LogP contribution >= 0.6 is 0 Å². The van der Waals surface area contributed by atoms with Crippen LogP contribution in [-0.4, -0.2) is 16.9 Å². The molecule has 1 aromatic heterocycles. The third-order valence-corrected chi connectivity index (χ3v) is 1.55. The van der Waals surface area contributed by atoms with Crippen LogP contribution in [0.2, 0.25) is 0 Å². The maximum absolute atomic E-state index is 13.0. The average molecular weight is 218 g/mol. The number of hydrogen-bond acceptors (Lipinski definition) is 2. The molecule has 1 heterocycles. The minimum atomic E-state index is -1.62. The minimum absolute atomic E-state index is 0.254. The normalized spacial score (nSPS) is 10.5. The van der Waals surface area contributed by atoms with Gasteiger partial charge in [0.25, 0.3) is 11.9 Å². The van der Waals surface area contributed by atoms with Gasteiger partial charge in [0.1, 0.15) is 0 Å². The number of amides is 1. The summed E-state index contributed by atoms with van der Waals surface area (Å²) in [5, 5.41) is 2.31. The highest BCUT2D eigenvalue weighted by atomic mass is 19.2. The fraction of sp³-hybridized carbons (Fsp3) is 0.333. The molecule has 1 rings (SSSR count). The van der Waals surface area contributed by atoms with Crippen molar-refractivity contribution in [3.05, 3.63) is 29.3 Å². The Labute approximate surface area is 84.3 Å². The lowest BCUT2D eigenvalue weighted by molar-refractivity contribution is 0.0936. The molecule has 1 N–H and O–H groups in total. The van der Waals surface area contributed by atoms with Crippen LogP contribution in [0, 0.1) is 17.7 Å². The molecule has 0 atom stereocenters. The Morgan fingerprint density at radius 3 is 2.53 bits per heavy atom. The molecular formula is C9H9F3N2O. The lowest BCUT2D eigenvalue weighted by Crippen LogP contribution is -2.31. The van der Waals surface area contributed by atoms with Crippen molar-refractivity contribution in [1.29, 1.82) is 0 Å². The molecule has 3 nitrogen and oxygen atoms in total. The summed E-state index contributed by atoms with van der Waals surface area (Å²) in [6, 6.07) is 0.298. The highest BCUT2D eigenvalue weighted by Gasteiger charge is 2.18. The van der Waals surface area contributed by atoms with E-state index >= 15 is 0 Å². The summed E-state index contributed by atoms with van der Waals surface area (Å²) in [5.74, 6) is -5.18. The zero-order chi connectivity index (χ0) is 11.6. The van der Waals surface area contributed by atoms with Crippen LogP contribution in [-0.2, 0) is 0 Å². The molecule has 0 unspecified atom stereocenters. The Bertz CT molecular complexity index is 393. The van der Waals surface area contributed by atoms with Crippen LogP contribution < -0.4 is 5.32 Å². The van der Waals surface area contributed by atoms with E-state index in [1.54, 1.807) is 13.8 Å². The van der Waals surface area contributed by atoms with Gasteiger partial charge in [-0.2, -0.15) is 13.8 Å². The third-order valence-electron chi connectivity index (χ3n) is 1.55. The van der Waals surface area contributed by atoms with E-state index in [4.69, 9.17) is 0 Å². The van der Waals surface area contributed by atoms with Gasteiger partial charge in [-0.15, -0.1) is 0 Å². The molecule has 0 saturated carbocycles. The van der Waals surface area contributed by atoms with Gasteiger partial charge in [0.05, 0.1) is 5.56 Å². The molecule has 1 amide bonds. The average Bonchev–Trinajstić information content (AvgIpc) is 2.09. The zero-order valence-electron chi connectivity index (χ0n) is 8.14. The molecule has 15 heavy (non-hydrogen) atoms. The Morgan fingerprint density at radius 2 is 2.00 bits per heavy atom. The minimum Gasteiger partial charge on any atom is -0.350 e. The van der Waals surface area contributed by atoms with Gasteiger partial charge in [0.15, 0.2) is 5.82 Å². The molecule has 0 radical (unpaired) electrons. The largest absolute Gasteiger partial charge is 0.350 e. The van der Waals surface area contributed by atoms with Gasteiger partial charge >= 0.3 is 0 Å². The lowest BCUT2D eigenvalue weighted by Gasteiger charge is -2.08. The van der Waals surface area contributed by atoms with Gasteiger partial charge in [-0.3, -0.25) is 4.79 Å². The molecule has 0 aliphatic heterocycles. The summed E-state index contributed by atoms with van der Waals surface area (Å²) in [6.45, 7) is 3.29. The molecule has 0 spiro atoms. The predicted molar refractivity (Wildman–Crippen MR) is 46.7 cm³/mol. The zero-order valence-corrected chi connectivity index (χ0v) is 8.14. The molecular weight excluding hydrogens is 209 g/mol. The maximum Gasteiger partial charge on any atom is 0.254 e. The number of pyridine rings is 1. The van der Waals surface area contributed by atoms with Crippen LogP contribution in [0.15, 0.2) is 6.07 Å². The number of halogens is 3. The second kappa shape index (κ2) is 4.29. The number of hydrogen-bond donors (Lipinski definition) is 1. The highest BCUT2D eigenvalue weighted by molar-refractivity contribution is 5.94. The number of carbonyl (C=O) groups excluding carboxylic acids is 1. The molecule has 0 aliphatic rings. The smallest absolute Gasteiger partial charge is 0.254 e. The Morgan fingerprint density at radius 1 is 1.40 bits per heavy atom. The quantitative estimate of drug-likeness (QED) is 0.766. The molecule has 0 aromatic carbocycles. The second-order valence-electron chi connectivity index (χ2n) is 3.23. The molecule has 82 valence electrons. The van der Waals surface area contributed by atoms with Crippen molar-refractivity contribution in [3.63, 3.8) is 0 Å². The van der Waals surface area contributed by atoms with Gasteiger partial charge in [-0.05, 0) is 13.8 Å². The van der Waals surface area contributed by atoms with Crippen molar-refractivity contribution >= 4 is 5.91 Å². The Balaban J connectivity index is 3.08. The molecule has 6 heteroatoms. The molecule has 0 fully saturated rings. The maximum atomic E-state index is 13.0. The highest BCUT2D eigenvalue weighted by Crippen LogP contribution is 2.11. The van der Waals surface area contributed by atoms with E-state index < -0.39 is 29.2 Å². The summed E-state index contributed by atoms with van der Waals surface area (Å²) in [5.41, 5.74) is -0.686. The van der Waals surface area contributed by atoms with E-state index in [2.05, 4.69) is 10.3 Å². The van der Waals surface area contributed by atoms with E-state index in [-0.39, 0.29) is 6.04 Å². The summed E-state index contributed by atoms with van der Waals surface area (Å²) in [7, 11) is 0. The first-order valence-electron chi connectivity index (χ1n) is 4.24. The summed E-state index contributed by atoms with van der Waals surface area (Å²) in [4.78, 5) is 13.9. The number of nitrogens with one attached hydrogen (secondary N) is 1. The van der Waals surface area contributed by atoms with Crippen LogP contribution in [0.25, 0.3) is 0 Å². The van der Waals surface area contributed by atoms with Crippen molar-refractivity contribution < 1.29 is 18.0 Å². The van der Waals surface area contributed by atoms with Crippen molar-refractivity contribution in [2.45, 2.75) is 19.9 Å². The lowest BCUT2D eigenvalue weighted by atomic mass is 10.2. The van der Waals surface area contributed by atoms with Crippen LogP contribution in [0.4, 0.5) is 13.2 Å². The molecule has 0 saturated heterocycles. The number of nitrogens with zero attached hydrogens (tertiary/aromatic N) is 1. The third kappa shape index (κ3) is 2.68. The van der Waals surface area contributed by atoms with Gasteiger partial charge in [0, 0.05) is 12.1 Å². The van der Waals surface area contributed by atoms with Crippen LogP contribution in [0.3, 0.4) is 0 Å². The second-order valence-corrected chi connectivity index (χ2v) is 3.23. The monoisotopic (exact) mass is 218 g/mol. The number of aromatic nitrogens is 1. The summed E-state index contributed by atoms with van der Waals surface area (Å²) < 4.78 is 38.3. The Hall–Kier alpha value is -1.59. The van der Waals surface area contributed by atoms with Crippen molar-refractivity contribution in [2.75, 3.05) is 0 Å². The standard InChI is InChI=1S/C9H9F3N2O/c1-4(2)13-9(15)5-3-6(10)14-8(12)7(5)11/h3-4H,1-2H3,(H,13,15). The van der Waals surface area contributed by atoms with Gasteiger partial charge in [-0.25, -0.2) is 4.39 Å².